The summed E-state index contributed by atoms with van der Waals surface area (Å²) in [5.41, 5.74) is 2.38. The number of urea groups is 1. The van der Waals surface area contributed by atoms with E-state index in [4.69, 9.17) is 0 Å². The molecule has 4 rings (SSSR count). The van der Waals surface area contributed by atoms with Crippen molar-refractivity contribution in [2.45, 2.75) is 63.1 Å². The second kappa shape index (κ2) is 5.23. The maximum absolute atomic E-state index is 12.9. The Morgan fingerprint density at radius 3 is 2.52 bits per heavy atom. The van der Waals surface area contributed by atoms with Crippen molar-refractivity contribution in [3.05, 3.63) is 29.8 Å². The fourth-order valence-electron chi connectivity index (χ4n) is 4.81. The lowest BCUT2D eigenvalue weighted by molar-refractivity contribution is 0.150. The molecule has 3 heterocycles. The van der Waals surface area contributed by atoms with Gasteiger partial charge in [0.2, 0.25) is 0 Å². The lowest BCUT2D eigenvalue weighted by Gasteiger charge is -2.37. The summed E-state index contributed by atoms with van der Waals surface area (Å²) in [5.74, 6) is 0. The van der Waals surface area contributed by atoms with Gasteiger partial charge in [-0.15, -0.1) is 0 Å². The molecule has 0 unspecified atom stereocenters. The molecule has 0 saturated carbocycles. The first-order valence-electron chi connectivity index (χ1n) is 8.85. The highest BCUT2D eigenvalue weighted by molar-refractivity contribution is 5.95. The third-order valence-corrected chi connectivity index (χ3v) is 6.15. The molecular weight excluding hydrogens is 286 g/mol. The van der Waals surface area contributed by atoms with Crippen molar-refractivity contribution >= 4 is 11.7 Å². The monoisotopic (exact) mass is 313 g/mol. The number of nitrogens with zero attached hydrogens (tertiary/aromatic N) is 2. The van der Waals surface area contributed by atoms with Gasteiger partial charge in [-0.1, -0.05) is 32.0 Å². The number of fused-ring (bicyclic) bond motifs is 3. The zero-order chi connectivity index (χ0) is 16.2. The highest BCUT2D eigenvalue weighted by atomic mass is 16.2. The molecule has 4 nitrogen and oxygen atoms in total. The van der Waals surface area contributed by atoms with Gasteiger partial charge in [0.05, 0.1) is 0 Å². The van der Waals surface area contributed by atoms with E-state index < -0.39 is 0 Å². The molecule has 3 aliphatic rings. The molecule has 1 N–H and O–H groups in total. The average molecular weight is 313 g/mol. The van der Waals surface area contributed by atoms with Gasteiger partial charge in [0.1, 0.15) is 0 Å². The number of benzene rings is 1. The molecule has 2 bridgehead atoms. The second-order valence-corrected chi connectivity index (χ2v) is 8.16. The molecule has 0 aliphatic carbocycles. The van der Waals surface area contributed by atoms with E-state index in [0.717, 1.165) is 25.1 Å². The van der Waals surface area contributed by atoms with Gasteiger partial charge < -0.3 is 10.2 Å². The minimum atomic E-state index is 0.0275. The van der Waals surface area contributed by atoms with Crippen LogP contribution in [0.2, 0.25) is 0 Å². The Morgan fingerprint density at radius 1 is 1.17 bits per heavy atom. The number of carbonyl (C=O) groups excluding carboxylic acids is 1. The molecule has 1 aromatic carbocycles. The van der Waals surface area contributed by atoms with Crippen LogP contribution in [0.25, 0.3) is 0 Å². The predicted molar refractivity (Wildman–Crippen MR) is 92.9 cm³/mol. The molecule has 1 aromatic rings. The van der Waals surface area contributed by atoms with E-state index in [1.165, 1.54) is 18.4 Å². The minimum Gasteiger partial charge on any atom is -0.335 e. The van der Waals surface area contributed by atoms with E-state index in [-0.39, 0.29) is 11.4 Å². The number of para-hydroxylation sites is 1. The molecule has 0 spiro atoms. The number of piperidine rings is 1. The molecule has 2 fully saturated rings. The van der Waals surface area contributed by atoms with Gasteiger partial charge in [-0.05, 0) is 44.4 Å². The first kappa shape index (κ1) is 15.0. The number of rotatable bonds is 1. The third kappa shape index (κ3) is 2.44. The average Bonchev–Trinajstić information content (AvgIpc) is 2.89. The standard InChI is InChI=1S/C19H27N3O/c1-19(2)12-22(17-7-5-4-6-16(17)19)18(23)20-13-10-14-8-9-15(11-13)21(14)3/h4-7,13-15H,8-12H2,1-3H3,(H,20,23)/t13-,14-,15+. The van der Waals surface area contributed by atoms with Crippen LogP contribution in [0.5, 0.6) is 0 Å². The summed E-state index contributed by atoms with van der Waals surface area (Å²) in [5, 5.41) is 3.32. The molecule has 23 heavy (non-hydrogen) atoms. The summed E-state index contributed by atoms with van der Waals surface area (Å²) in [6.45, 7) is 5.20. The molecular formula is C19H27N3O. The lowest BCUT2D eigenvalue weighted by Crippen LogP contribution is -2.52. The Balaban J connectivity index is 1.49. The summed E-state index contributed by atoms with van der Waals surface area (Å²) in [4.78, 5) is 17.3. The molecule has 2 saturated heterocycles. The smallest absolute Gasteiger partial charge is 0.322 e. The lowest BCUT2D eigenvalue weighted by atomic mass is 9.87. The molecule has 0 radical (unpaired) electrons. The quantitative estimate of drug-likeness (QED) is 0.864. The normalized spacial score (nSPS) is 32.0. The van der Waals surface area contributed by atoms with Crippen LogP contribution in [-0.4, -0.2) is 42.6 Å². The Bertz CT molecular complexity index is 613. The molecule has 2 amide bonds. The van der Waals surface area contributed by atoms with Crippen molar-refractivity contribution in [3.63, 3.8) is 0 Å². The van der Waals surface area contributed by atoms with Gasteiger partial charge >= 0.3 is 6.03 Å². The van der Waals surface area contributed by atoms with Gasteiger partial charge in [0, 0.05) is 35.8 Å². The molecule has 0 aromatic heterocycles. The fourth-order valence-corrected chi connectivity index (χ4v) is 4.81. The number of nitrogens with one attached hydrogen (secondary N) is 1. The SMILES string of the molecule is CN1[C@@H]2CC[C@H]1C[C@H](NC(=O)N1CC(C)(C)c3ccccc31)C2. The number of anilines is 1. The summed E-state index contributed by atoms with van der Waals surface area (Å²) < 4.78 is 0. The van der Waals surface area contributed by atoms with Crippen LogP contribution in [0.3, 0.4) is 0 Å². The summed E-state index contributed by atoms with van der Waals surface area (Å²) in [7, 11) is 2.24. The Morgan fingerprint density at radius 2 is 1.83 bits per heavy atom. The van der Waals surface area contributed by atoms with Crippen LogP contribution >= 0.6 is 0 Å². The number of amides is 2. The zero-order valence-corrected chi connectivity index (χ0v) is 14.4. The van der Waals surface area contributed by atoms with Gasteiger partial charge in [-0.2, -0.15) is 0 Å². The Labute approximate surface area is 138 Å². The van der Waals surface area contributed by atoms with Crippen LogP contribution in [0, 0.1) is 0 Å². The van der Waals surface area contributed by atoms with Gasteiger partial charge in [0.25, 0.3) is 0 Å². The van der Waals surface area contributed by atoms with Crippen LogP contribution in [0.1, 0.15) is 45.1 Å². The maximum Gasteiger partial charge on any atom is 0.322 e. The molecule has 3 aliphatic heterocycles. The number of hydrogen-bond donors (Lipinski definition) is 1. The van der Waals surface area contributed by atoms with E-state index in [9.17, 15) is 4.79 Å². The summed E-state index contributed by atoms with van der Waals surface area (Å²) >= 11 is 0. The fraction of sp³-hybridized carbons (Fsp3) is 0.632. The first-order valence-corrected chi connectivity index (χ1v) is 8.85. The Kier molecular flexibility index (Phi) is 3.41. The van der Waals surface area contributed by atoms with Crippen LogP contribution in [0.15, 0.2) is 24.3 Å². The first-order chi connectivity index (χ1) is 11.0. The van der Waals surface area contributed by atoms with Crippen LogP contribution in [0.4, 0.5) is 10.5 Å². The highest BCUT2D eigenvalue weighted by Gasteiger charge is 2.41. The number of carbonyl (C=O) groups is 1. The second-order valence-electron chi connectivity index (χ2n) is 8.16. The van der Waals surface area contributed by atoms with Gasteiger partial charge in [0.15, 0.2) is 0 Å². The van der Waals surface area contributed by atoms with E-state index in [2.05, 4.69) is 49.3 Å². The van der Waals surface area contributed by atoms with Crippen molar-refractivity contribution in [1.29, 1.82) is 0 Å². The highest BCUT2D eigenvalue weighted by Crippen LogP contribution is 2.40. The third-order valence-electron chi connectivity index (χ3n) is 6.15. The van der Waals surface area contributed by atoms with Crippen LogP contribution in [-0.2, 0) is 5.41 Å². The number of hydrogen-bond acceptors (Lipinski definition) is 2. The van der Waals surface area contributed by atoms with Crippen molar-refractivity contribution in [2.75, 3.05) is 18.5 Å². The largest absolute Gasteiger partial charge is 0.335 e. The molecule has 3 atom stereocenters. The van der Waals surface area contributed by atoms with Crippen molar-refractivity contribution in [2.24, 2.45) is 0 Å². The van der Waals surface area contributed by atoms with E-state index in [1.54, 1.807) is 0 Å². The molecule has 4 heteroatoms. The van der Waals surface area contributed by atoms with E-state index in [1.807, 2.05) is 11.0 Å². The zero-order valence-electron chi connectivity index (χ0n) is 14.4. The van der Waals surface area contributed by atoms with E-state index in [0.29, 0.717) is 18.1 Å². The van der Waals surface area contributed by atoms with Gasteiger partial charge in [-0.25, -0.2) is 4.79 Å². The van der Waals surface area contributed by atoms with Crippen molar-refractivity contribution in [3.8, 4) is 0 Å². The maximum atomic E-state index is 12.9. The van der Waals surface area contributed by atoms with Crippen molar-refractivity contribution < 1.29 is 4.79 Å². The molecule has 124 valence electrons. The van der Waals surface area contributed by atoms with Crippen LogP contribution < -0.4 is 10.2 Å². The summed E-state index contributed by atoms with van der Waals surface area (Å²) in [6, 6.07) is 10.0. The topological polar surface area (TPSA) is 35.6 Å². The minimum absolute atomic E-state index is 0.0275. The van der Waals surface area contributed by atoms with Gasteiger partial charge in [-0.3, -0.25) is 4.90 Å². The summed E-state index contributed by atoms with van der Waals surface area (Å²) in [6.07, 6.45) is 4.76. The predicted octanol–water partition coefficient (Wildman–Crippen LogP) is 3.12. The Hall–Kier alpha value is -1.55. The van der Waals surface area contributed by atoms with E-state index >= 15 is 0 Å². The van der Waals surface area contributed by atoms with Crippen molar-refractivity contribution in [1.82, 2.24) is 10.2 Å².